The largest absolute Gasteiger partial charge is 0.493 e. The monoisotopic (exact) mass is 512 g/mol. The van der Waals surface area contributed by atoms with Crippen LogP contribution in [0.25, 0.3) is 0 Å². The average molecular weight is 512 g/mol. The zero-order valence-corrected chi connectivity index (χ0v) is 19.3. The number of methoxy groups -OCH3 is 2. The molecule has 3 rings (SSSR count). The van der Waals surface area contributed by atoms with E-state index in [4.69, 9.17) is 9.47 Å². The van der Waals surface area contributed by atoms with Gasteiger partial charge in [-0.15, -0.1) is 0 Å². The molecule has 0 aliphatic rings. The lowest BCUT2D eigenvalue weighted by atomic mass is 10.1. The Labute approximate surface area is 198 Å². The Morgan fingerprint density at radius 3 is 2.20 bits per heavy atom. The van der Waals surface area contributed by atoms with Gasteiger partial charge < -0.3 is 14.8 Å². The first kappa shape index (κ1) is 25.8. The van der Waals surface area contributed by atoms with Crippen molar-refractivity contribution in [2.45, 2.75) is 11.1 Å². The van der Waals surface area contributed by atoms with E-state index in [2.05, 4.69) is 5.32 Å². The van der Waals surface area contributed by atoms with E-state index in [-0.39, 0.29) is 16.4 Å². The molecule has 0 saturated heterocycles. The number of ether oxygens (including phenoxy) is 2. The van der Waals surface area contributed by atoms with Gasteiger partial charge in [0, 0.05) is 6.07 Å². The van der Waals surface area contributed by atoms with Crippen LogP contribution in [0, 0.1) is 5.82 Å². The van der Waals surface area contributed by atoms with E-state index < -0.39 is 51.4 Å². The number of nitrogens with zero attached hydrogens (tertiary/aromatic N) is 1. The van der Waals surface area contributed by atoms with Crippen LogP contribution in [0.5, 0.6) is 11.5 Å². The number of halogens is 4. The van der Waals surface area contributed by atoms with E-state index in [1.807, 2.05) is 0 Å². The molecule has 0 unspecified atom stereocenters. The number of sulfonamides is 1. The first-order valence-electron chi connectivity index (χ1n) is 9.94. The number of carbonyl (C=O) groups excluding carboxylic acids is 1. The van der Waals surface area contributed by atoms with Crippen molar-refractivity contribution in [2.75, 3.05) is 30.4 Å². The van der Waals surface area contributed by atoms with Gasteiger partial charge in [0.05, 0.1) is 36.1 Å². The Kier molecular flexibility index (Phi) is 7.54. The number of benzene rings is 3. The molecule has 0 bridgehead atoms. The fourth-order valence-corrected chi connectivity index (χ4v) is 4.66. The summed E-state index contributed by atoms with van der Waals surface area (Å²) in [6.07, 6.45) is -4.76. The minimum Gasteiger partial charge on any atom is -0.493 e. The molecule has 0 radical (unpaired) electrons. The number of amides is 1. The lowest BCUT2D eigenvalue weighted by molar-refractivity contribution is -0.137. The molecule has 7 nitrogen and oxygen atoms in total. The maximum Gasteiger partial charge on any atom is 0.418 e. The Morgan fingerprint density at radius 2 is 1.57 bits per heavy atom. The van der Waals surface area contributed by atoms with E-state index in [9.17, 15) is 30.8 Å². The summed E-state index contributed by atoms with van der Waals surface area (Å²) in [7, 11) is -1.95. The number of carbonyl (C=O) groups is 1. The normalized spacial score (nSPS) is 11.6. The second-order valence-corrected chi connectivity index (χ2v) is 8.93. The number of nitrogens with one attached hydrogen (secondary N) is 1. The fourth-order valence-electron chi connectivity index (χ4n) is 3.22. The van der Waals surface area contributed by atoms with Crippen LogP contribution >= 0.6 is 0 Å². The second kappa shape index (κ2) is 10.2. The summed E-state index contributed by atoms with van der Waals surface area (Å²) in [4.78, 5) is 12.4. The SMILES string of the molecule is COc1ccc(S(=O)(=O)N(CC(=O)Nc2ccccc2C(F)(F)F)c2ccccc2F)cc1OC. The van der Waals surface area contributed by atoms with Crippen LogP contribution in [0.3, 0.4) is 0 Å². The molecule has 1 amide bonds. The summed E-state index contributed by atoms with van der Waals surface area (Å²) in [6.45, 7) is -1.01. The van der Waals surface area contributed by atoms with Crippen LogP contribution in [0.15, 0.2) is 71.6 Å². The molecule has 12 heteroatoms. The zero-order valence-electron chi connectivity index (χ0n) is 18.5. The van der Waals surface area contributed by atoms with Crippen LogP contribution in [-0.2, 0) is 21.0 Å². The Hall–Kier alpha value is -3.80. The topological polar surface area (TPSA) is 84.9 Å². The van der Waals surface area contributed by atoms with Gasteiger partial charge in [-0.25, -0.2) is 12.8 Å². The van der Waals surface area contributed by atoms with Crippen molar-refractivity contribution in [3.05, 3.63) is 78.1 Å². The van der Waals surface area contributed by atoms with Gasteiger partial charge in [0.2, 0.25) is 5.91 Å². The van der Waals surface area contributed by atoms with Gasteiger partial charge in [-0.05, 0) is 36.4 Å². The highest BCUT2D eigenvalue weighted by Crippen LogP contribution is 2.35. The van der Waals surface area contributed by atoms with Crippen molar-refractivity contribution >= 4 is 27.3 Å². The molecule has 0 fully saturated rings. The standard InChI is InChI=1S/C23H20F4N2O5S/c1-33-20-12-11-15(13-21(20)34-2)35(31,32)29(19-10-6-4-8-17(19)24)14-22(30)28-18-9-5-3-7-16(18)23(25,26)27/h3-13H,14H2,1-2H3,(H,28,30). The van der Waals surface area contributed by atoms with Gasteiger partial charge in [-0.3, -0.25) is 9.10 Å². The van der Waals surface area contributed by atoms with Gasteiger partial charge in [0.25, 0.3) is 10.0 Å². The maximum absolute atomic E-state index is 14.6. The molecule has 0 saturated carbocycles. The lowest BCUT2D eigenvalue weighted by Gasteiger charge is -2.25. The summed E-state index contributed by atoms with van der Waals surface area (Å²) in [5, 5.41) is 2.07. The smallest absolute Gasteiger partial charge is 0.418 e. The predicted molar refractivity (Wildman–Crippen MR) is 121 cm³/mol. The first-order valence-corrected chi connectivity index (χ1v) is 11.4. The number of hydrogen-bond donors (Lipinski definition) is 1. The van der Waals surface area contributed by atoms with Crippen molar-refractivity contribution in [1.29, 1.82) is 0 Å². The van der Waals surface area contributed by atoms with E-state index in [0.717, 1.165) is 36.4 Å². The van der Waals surface area contributed by atoms with Crippen molar-refractivity contribution < 1.29 is 40.2 Å². The maximum atomic E-state index is 14.6. The van der Waals surface area contributed by atoms with E-state index in [1.54, 1.807) is 0 Å². The number of hydrogen-bond acceptors (Lipinski definition) is 5. The van der Waals surface area contributed by atoms with Gasteiger partial charge in [-0.1, -0.05) is 24.3 Å². The van der Waals surface area contributed by atoms with E-state index in [0.29, 0.717) is 4.31 Å². The number of para-hydroxylation sites is 2. The lowest BCUT2D eigenvalue weighted by Crippen LogP contribution is -2.39. The second-order valence-electron chi connectivity index (χ2n) is 7.07. The molecule has 0 spiro atoms. The minimum atomic E-state index is -4.76. The van der Waals surface area contributed by atoms with Gasteiger partial charge in [0.15, 0.2) is 11.5 Å². The van der Waals surface area contributed by atoms with Crippen LogP contribution in [0.1, 0.15) is 5.56 Å². The minimum absolute atomic E-state index is 0.0608. The van der Waals surface area contributed by atoms with Crippen molar-refractivity contribution in [1.82, 2.24) is 0 Å². The molecule has 186 valence electrons. The highest BCUT2D eigenvalue weighted by Gasteiger charge is 2.34. The molecule has 3 aromatic carbocycles. The Balaban J connectivity index is 2.03. The quantitative estimate of drug-likeness (QED) is 0.443. The van der Waals surface area contributed by atoms with Gasteiger partial charge in [0.1, 0.15) is 12.4 Å². The summed E-state index contributed by atoms with van der Waals surface area (Å²) in [5.41, 5.74) is -2.16. The molecule has 0 aliphatic heterocycles. The van der Waals surface area contributed by atoms with Crippen molar-refractivity contribution in [3.63, 3.8) is 0 Å². The molecule has 0 atom stereocenters. The number of anilines is 2. The van der Waals surface area contributed by atoms with Crippen LogP contribution in [0.4, 0.5) is 28.9 Å². The van der Waals surface area contributed by atoms with Gasteiger partial charge >= 0.3 is 6.18 Å². The predicted octanol–water partition coefficient (Wildman–Crippen LogP) is 4.70. The Morgan fingerprint density at radius 1 is 0.943 bits per heavy atom. The molecule has 35 heavy (non-hydrogen) atoms. The molecular weight excluding hydrogens is 492 g/mol. The van der Waals surface area contributed by atoms with Crippen molar-refractivity contribution in [2.24, 2.45) is 0 Å². The third kappa shape index (κ3) is 5.65. The summed E-state index contributed by atoms with van der Waals surface area (Å²) in [5.74, 6) is -1.79. The highest BCUT2D eigenvalue weighted by atomic mass is 32.2. The summed E-state index contributed by atoms with van der Waals surface area (Å²) < 4.78 is 92.1. The summed E-state index contributed by atoms with van der Waals surface area (Å²) >= 11 is 0. The molecule has 0 aliphatic carbocycles. The third-order valence-corrected chi connectivity index (χ3v) is 6.61. The van der Waals surface area contributed by atoms with Crippen LogP contribution in [0.2, 0.25) is 0 Å². The Bertz CT molecular complexity index is 1330. The molecule has 1 N–H and O–H groups in total. The number of alkyl halides is 3. The zero-order chi connectivity index (χ0) is 25.8. The summed E-state index contributed by atoms with van der Waals surface area (Å²) in [6, 6.07) is 12.6. The van der Waals surface area contributed by atoms with E-state index >= 15 is 0 Å². The fraction of sp³-hybridized carbons (Fsp3) is 0.174. The first-order chi connectivity index (χ1) is 16.5. The van der Waals surface area contributed by atoms with Gasteiger partial charge in [-0.2, -0.15) is 13.2 Å². The molecular formula is C23H20F4N2O5S. The number of rotatable bonds is 8. The molecule has 0 heterocycles. The molecule has 3 aromatic rings. The molecule has 0 aromatic heterocycles. The van der Waals surface area contributed by atoms with Crippen LogP contribution in [-0.4, -0.2) is 35.1 Å². The average Bonchev–Trinajstić information content (AvgIpc) is 2.82. The highest BCUT2D eigenvalue weighted by molar-refractivity contribution is 7.92. The van der Waals surface area contributed by atoms with Crippen LogP contribution < -0.4 is 19.1 Å². The van der Waals surface area contributed by atoms with Crippen molar-refractivity contribution in [3.8, 4) is 11.5 Å². The third-order valence-electron chi connectivity index (χ3n) is 4.86. The van der Waals surface area contributed by atoms with E-state index in [1.165, 1.54) is 44.6 Å².